The van der Waals surface area contributed by atoms with Crippen LogP contribution in [0, 0.1) is 0 Å². The molecule has 0 radical (unpaired) electrons. The molecule has 0 saturated carbocycles. The Balaban J connectivity index is 3.28. The van der Waals surface area contributed by atoms with E-state index in [0.717, 1.165) is 6.07 Å². The average molecular weight is 325 g/mol. The van der Waals surface area contributed by atoms with Crippen molar-refractivity contribution >= 4 is 15.9 Å². The molecular formula is C9H4BrF7. The number of hydrogen-bond acceptors (Lipinski definition) is 0. The number of halogens is 8. The second-order valence-corrected chi connectivity index (χ2v) is 4.07. The van der Waals surface area contributed by atoms with Crippen LogP contribution in [0.15, 0.2) is 28.7 Å². The fraction of sp³-hybridized carbons (Fsp3) is 0.333. The highest BCUT2D eigenvalue weighted by Gasteiger charge is 2.73. The molecule has 8 heteroatoms. The fourth-order valence-electron chi connectivity index (χ4n) is 1.04. The van der Waals surface area contributed by atoms with Crippen LogP contribution in [0.5, 0.6) is 0 Å². The van der Waals surface area contributed by atoms with Gasteiger partial charge >= 0.3 is 18.0 Å². The molecule has 0 atom stereocenters. The van der Waals surface area contributed by atoms with E-state index in [1.165, 1.54) is 6.07 Å². The molecule has 0 unspecified atom stereocenters. The summed E-state index contributed by atoms with van der Waals surface area (Å²) in [5.41, 5.74) is -1.41. The van der Waals surface area contributed by atoms with E-state index >= 15 is 0 Å². The predicted octanol–water partition coefficient (Wildman–Crippen LogP) is 4.74. The van der Waals surface area contributed by atoms with Gasteiger partial charge in [-0.25, -0.2) is 0 Å². The predicted molar refractivity (Wildman–Crippen MR) is 49.0 cm³/mol. The van der Waals surface area contributed by atoms with Crippen LogP contribution < -0.4 is 0 Å². The molecule has 0 fully saturated rings. The van der Waals surface area contributed by atoms with Crippen molar-refractivity contribution < 1.29 is 30.7 Å². The third-order valence-corrected chi connectivity index (χ3v) is 2.43. The number of alkyl halides is 7. The van der Waals surface area contributed by atoms with Gasteiger partial charge in [-0.1, -0.05) is 28.1 Å². The number of rotatable bonds is 2. The van der Waals surface area contributed by atoms with Gasteiger partial charge in [0.25, 0.3) is 0 Å². The first-order chi connectivity index (χ1) is 7.50. The minimum Gasteiger partial charge on any atom is -0.194 e. The molecular weight excluding hydrogens is 321 g/mol. The molecule has 96 valence electrons. The zero-order chi connectivity index (χ0) is 13.5. The maximum Gasteiger partial charge on any atom is 0.460 e. The highest BCUT2D eigenvalue weighted by atomic mass is 79.9. The van der Waals surface area contributed by atoms with Gasteiger partial charge in [0.2, 0.25) is 0 Å². The molecule has 0 spiro atoms. The van der Waals surface area contributed by atoms with Crippen molar-refractivity contribution in [2.45, 2.75) is 18.0 Å². The molecule has 17 heavy (non-hydrogen) atoms. The topological polar surface area (TPSA) is 0 Å². The molecule has 0 aliphatic carbocycles. The Hall–Kier alpha value is -0.790. The van der Waals surface area contributed by atoms with E-state index in [1.54, 1.807) is 0 Å². The van der Waals surface area contributed by atoms with E-state index < -0.39 is 23.6 Å². The summed E-state index contributed by atoms with van der Waals surface area (Å²) < 4.78 is 87.1. The molecule has 0 saturated heterocycles. The van der Waals surface area contributed by atoms with E-state index in [2.05, 4.69) is 15.9 Å². The van der Waals surface area contributed by atoms with Gasteiger partial charge in [0.05, 0.1) is 0 Å². The lowest BCUT2D eigenvalue weighted by molar-refractivity contribution is -0.359. The van der Waals surface area contributed by atoms with Gasteiger partial charge in [-0.05, 0) is 12.1 Å². The van der Waals surface area contributed by atoms with Gasteiger partial charge in [-0.15, -0.1) is 0 Å². The van der Waals surface area contributed by atoms with Gasteiger partial charge in [0.1, 0.15) is 0 Å². The Labute approximate surface area is 99.6 Å². The first kappa shape index (κ1) is 14.3. The Morgan fingerprint density at radius 3 is 1.82 bits per heavy atom. The van der Waals surface area contributed by atoms with Gasteiger partial charge in [-0.3, -0.25) is 0 Å². The first-order valence-electron chi connectivity index (χ1n) is 4.08. The lowest BCUT2D eigenvalue weighted by Gasteiger charge is -2.28. The molecule has 0 aliphatic heterocycles. The van der Waals surface area contributed by atoms with Crippen molar-refractivity contribution in [3.63, 3.8) is 0 Å². The van der Waals surface area contributed by atoms with E-state index in [9.17, 15) is 30.7 Å². The summed E-state index contributed by atoms with van der Waals surface area (Å²) >= 11 is 2.71. The van der Waals surface area contributed by atoms with Crippen molar-refractivity contribution in [1.29, 1.82) is 0 Å². The Bertz CT molecular complexity index is 410. The zero-order valence-electron chi connectivity index (χ0n) is 7.83. The van der Waals surface area contributed by atoms with Crippen molar-refractivity contribution in [2.75, 3.05) is 0 Å². The van der Waals surface area contributed by atoms with E-state index in [1.807, 2.05) is 0 Å². The highest BCUT2D eigenvalue weighted by Crippen LogP contribution is 2.51. The van der Waals surface area contributed by atoms with Crippen LogP contribution in [0.2, 0.25) is 0 Å². The third kappa shape index (κ3) is 2.41. The van der Waals surface area contributed by atoms with Crippen LogP contribution >= 0.6 is 15.9 Å². The van der Waals surface area contributed by atoms with Gasteiger partial charge in [0, 0.05) is 10.0 Å². The molecule has 0 heterocycles. The summed E-state index contributed by atoms with van der Waals surface area (Å²) in [5, 5.41) is 0. The Kier molecular flexibility index (Phi) is 3.48. The fourth-order valence-corrected chi connectivity index (χ4v) is 1.44. The van der Waals surface area contributed by atoms with Crippen molar-refractivity contribution in [2.24, 2.45) is 0 Å². The van der Waals surface area contributed by atoms with Gasteiger partial charge in [0.15, 0.2) is 0 Å². The monoisotopic (exact) mass is 324 g/mol. The van der Waals surface area contributed by atoms with Crippen LogP contribution in [0.25, 0.3) is 0 Å². The Morgan fingerprint density at radius 2 is 1.41 bits per heavy atom. The smallest absolute Gasteiger partial charge is 0.194 e. The molecule has 0 aliphatic rings. The summed E-state index contributed by atoms with van der Waals surface area (Å²) in [6.07, 6.45) is -6.32. The van der Waals surface area contributed by atoms with Gasteiger partial charge in [-0.2, -0.15) is 30.7 Å². The molecule has 0 bridgehead atoms. The Morgan fingerprint density at radius 1 is 0.882 bits per heavy atom. The zero-order valence-corrected chi connectivity index (χ0v) is 9.42. The summed E-state index contributed by atoms with van der Waals surface area (Å²) in [6.45, 7) is 0. The lowest BCUT2D eigenvalue weighted by Crippen LogP contribution is -2.50. The van der Waals surface area contributed by atoms with Crippen molar-refractivity contribution in [1.82, 2.24) is 0 Å². The molecule has 0 amide bonds. The quantitative estimate of drug-likeness (QED) is 0.689. The number of benzene rings is 1. The maximum atomic E-state index is 13.1. The maximum absolute atomic E-state index is 13.1. The van der Waals surface area contributed by atoms with Crippen LogP contribution in [0.3, 0.4) is 0 Å². The van der Waals surface area contributed by atoms with Crippen molar-refractivity contribution in [3.8, 4) is 0 Å². The first-order valence-corrected chi connectivity index (χ1v) is 4.88. The largest absolute Gasteiger partial charge is 0.460 e. The minimum absolute atomic E-state index is 0.0207. The summed E-state index contributed by atoms with van der Waals surface area (Å²) in [7, 11) is 0. The molecule has 0 nitrogen and oxygen atoms in total. The van der Waals surface area contributed by atoms with E-state index in [4.69, 9.17) is 0 Å². The normalized spacial score (nSPS) is 13.9. The second-order valence-electron chi connectivity index (χ2n) is 3.16. The summed E-state index contributed by atoms with van der Waals surface area (Å²) in [5.74, 6) is -11.4. The highest BCUT2D eigenvalue weighted by molar-refractivity contribution is 9.10. The second kappa shape index (κ2) is 4.15. The average Bonchev–Trinajstić information content (AvgIpc) is 2.15. The van der Waals surface area contributed by atoms with Gasteiger partial charge < -0.3 is 0 Å². The summed E-state index contributed by atoms with van der Waals surface area (Å²) in [6, 6.07) is 3.19. The van der Waals surface area contributed by atoms with Crippen LogP contribution in [-0.2, 0) is 5.92 Å². The lowest BCUT2D eigenvalue weighted by atomic mass is 10.0. The number of hydrogen-bond donors (Lipinski definition) is 0. The van der Waals surface area contributed by atoms with E-state index in [-0.39, 0.29) is 4.47 Å². The van der Waals surface area contributed by atoms with E-state index in [0.29, 0.717) is 12.1 Å². The molecule has 1 aromatic carbocycles. The third-order valence-electron chi connectivity index (χ3n) is 1.94. The molecule has 0 N–H and O–H groups in total. The molecule has 1 aromatic rings. The van der Waals surface area contributed by atoms with Crippen LogP contribution in [0.4, 0.5) is 30.7 Å². The van der Waals surface area contributed by atoms with Crippen LogP contribution in [-0.4, -0.2) is 12.1 Å². The summed E-state index contributed by atoms with van der Waals surface area (Å²) in [4.78, 5) is 0. The molecule has 1 rings (SSSR count). The minimum atomic E-state index is -6.32. The van der Waals surface area contributed by atoms with Crippen LogP contribution in [0.1, 0.15) is 5.56 Å². The SMILES string of the molecule is FC(F)(F)C(F)(F)C(F)(F)c1cccc(Br)c1. The molecule has 0 aromatic heterocycles. The standard InChI is InChI=1S/C9H4BrF7/c10-6-3-1-2-5(4-6)7(11,12)8(13,14)9(15,16)17/h1-4H. The van der Waals surface area contributed by atoms with Crippen molar-refractivity contribution in [3.05, 3.63) is 34.3 Å².